The summed E-state index contributed by atoms with van der Waals surface area (Å²) in [6, 6.07) is 16.3. The predicted molar refractivity (Wildman–Crippen MR) is 116 cm³/mol. The minimum Gasteiger partial charge on any atom is -0.309 e. The molecule has 0 saturated carbocycles. The summed E-state index contributed by atoms with van der Waals surface area (Å²) in [5.41, 5.74) is 2.64. The number of benzene rings is 1. The minimum absolute atomic E-state index is 0.0409. The lowest BCUT2D eigenvalue weighted by atomic mass is 9.96. The number of pyridine rings is 1. The van der Waals surface area contributed by atoms with Gasteiger partial charge in [0.1, 0.15) is 5.82 Å². The van der Waals surface area contributed by atoms with Gasteiger partial charge in [0.2, 0.25) is 16.0 Å². The van der Waals surface area contributed by atoms with E-state index in [1.807, 2.05) is 44.2 Å². The van der Waals surface area contributed by atoms with Crippen LogP contribution in [-0.2, 0) is 10.0 Å². The van der Waals surface area contributed by atoms with E-state index in [4.69, 9.17) is 4.98 Å². The van der Waals surface area contributed by atoms with Crippen LogP contribution in [0, 0.1) is 13.8 Å². The van der Waals surface area contributed by atoms with Crippen molar-refractivity contribution in [3.8, 4) is 0 Å². The largest absolute Gasteiger partial charge is 0.309 e. The second kappa shape index (κ2) is 8.49. The SMILES string of the molecule is Cc1cc(C)nc(Nc2cccc([C@H]3CCCN(S(=O)(=O)c4ccccc4)C3)n2)n1. The van der Waals surface area contributed by atoms with Gasteiger partial charge in [-0.1, -0.05) is 24.3 Å². The third-order valence-electron chi connectivity index (χ3n) is 5.18. The normalized spacial score (nSPS) is 17.6. The number of nitrogens with zero attached hydrogens (tertiary/aromatic N) is 4. The Hall–Kier alpha value is -2.84. The Kier molecular flexibility index (Phi) is 5.78. The number of aromatic nitrogens is 3. The topological polar surface area (TPSA) is 88.1 Å². The molecule has 7 nitrogen and oxygen atoms in total. The van der Waals surface area contributed by atoms with Gasteiger partial charge >= 0.3 is 0 Å². The van der Waals surface area contributed by atoms with Crippen molar-refractivity contribution in [2.45, 2.75) is 37.5 Å². The summed E-state index contributed by atoms with van der Waals surface area (Å²) in [5, 5.41) is 3.17. The van der Waals surface area contributed by atoms with Gasteiger partial charge in [-0.3, -0.25) is 0 Å². The maximum atomic E-state index is 13.0. The number of aryl methyl sites for hydroxylation is 2. The molecule has 0 radical (unpaired) electrons. The molecule has 1 aromatic carbocycles. The van der Waals surface area contributed by atoms with Gasteiger partial charge in [-0.15, -0.1) is 0 Å². The number of sulfonamides is 1. The Bertz CT molecular complexity index is 1120. The number of nitrogens with one attached hydrogen (secondary N) is 1. The van der Waals surface area contributed by atoms with Gasteiger partial charge in [-0.2, -0.15) is 4.31 Å². The first-order chi connectivity index (χ1) is 14.4. The van der Waals surface area contributed by atoms with E-state index in [9.17, 15) is 8.42 Å². The van der Waals surface area contributed by atoms with E-state index < -0.39 is 10.0 Å². The molecule has 4 rings (SSSR count). The molecule has 2 aromatic heterocycles. The van der Waals surface area contributed by atoms with E-state index in [0.29, 0.717) is 29.8 Å². The fraction of sp³-hybridized carbons (Fsp3) is 0.318. The van der Waals surface area contributed by atoms with Crippen molar-refractivity contribution in [2.75, 3.05) is 18.4 Å². The second-order valence-corrected chi connectivity index (χ2v) is 9.50. The summed E-state index contributed by atoms with van der Waals surface area (Å²) < 4.78 is 27.6. The summed E-state index contributed by atoms with van der Waals surface area (Å²) in [6.07, 6.45) is 1.70. The molecule has 1 aliphatic rings. The van der Waals surface area contributed by atoms with Crippen LogP contribution in [-0.4, -0.2) is 40.8 Å². The third kappa shape index (κ3) is 4.49. The fourth-order valence-electron chi connectivity index (χ4n) is 3.79. The van der Waals surface area contributed by atoms with Crippen LogP contribution < -0.4 is 5.32 Å². The molecule has 1 aliphatic heterocycles. The summed E-state index contributed by atoms with van der Waals surface area (Å²) in [6.45, 7) is 4.80. The molecule has 1 fully saturated rings. The smallest absolute Gasteiger partial charge is 0.243 e. The maximum Gasteiger partial charge on any atom is 0.243 e. The van der Waals surface area contributed by atoms with Crippen molar-refractivity contribution in [3.63, 3.8) is 0 Å². The Morgan fingerprint density at radius 2 is 1.70 bits per heavy atom. The molecule has 0 unspecified atom stereocenters. The van der Waals surface area contributed by atoms with E-state index in [-0.39, 0.29) is 5.92 Å². The molecule has 0 aliphatic carbocycles. The number of hydrogen-bond donors (Lipinski definition) is 1. The zero-order valence-electron chi connectivity index (χ0n) is 17.1. The van der Waals surface area contributed by atoms with Crippen molar-refractivity contribution in [2.24, 2.45) is 0 Å². The standard InChI is InChI=1S/C22H25N5O2S/c1-16-14-17(2)24-22(23-16)26-21-12-6-11-20(25-21)18-8-7-13-27(15-18)30(28,29)19-9-4-3-5-10-19/h3-6,9-12,14,18H,7-8,13,15H2,1-2H3,(H,23,24,25,26)/t18-/m0/s1. The first-order valence-corrected chi connectivity index (χ1v) is 11.5. The molecule has 3 aromatic rings. The number of anilines is 2. The van der Waals surface area contributed by atoms with Crippen LogP contribution >= 0.6 is 0 Å². The molecule has 1 atom stereocenters. The lowest BCUT2D eigenvalue weighted by Gasteiger charge is -2.31. The molecule has 3 heterocycles. The van der Waals surface area contributed by atoms with Crippen LogP contribution in [0.3, 0.4) is 0 Å². The predicted octanol–water partition coefficient (Wildman–Crippen LogP) is 3.80. The molecule has 1 N–H and O–H groups in total. The Morgan fingerprint density at radius 3 is 2.43 bits per heavy atom. The first kappa shape index (κ1) is 20.4. The van der Waals surface area contributed by atoms with Crippen molar-refractivity contribution in [1.29, 1.82) is 0 Å². The number of hydrogen-bond acceptors (Lipinski definition) is 6. The minimum atomic E-state index is -3.50. The van der Waals surface area contributed by atoms with Crippen molar-refractivity contribution in [1.82, 2.24) is 19.3 Å². The highest BCUT2D eigenvalue weighted by molar-refractivity contribution is 7.89. The van der Waals surface area contributed by atoms with Gasteiger partial charge in [-0.25, -0.2) is 23.4 Å². The number of piperidine rings is 1. The van der Waals surface area contributed by atoms with E-state index >= 15 is 0 Å². The Morgan fingerprint density at radius 1 is 0.967 bits per heavy atom. The summed E-state index contributed by atoms with van der Waals surface area (Å²) in [7, 11) is -3.50. The quantitative estimate of drug-likeness (QED) is 0.672. The molecular formula is C22H25N5O2S. The van der Waals surface area contributed by atoms with E-state index in [1.54, 1.807) is 28.6 Å². The first-order valence-electron chi connectivity index (χ1n) is 10.0. The molecule has 30 heavy (non-hydrogen) atoms. The highest BCUT2D eigenvalue weighted by Gasteiger charge is 2.31. The highest BCUT2D eigenvalue weighted by Crippen LogP contribution is 2.30. The summed E-state index contributed by atoms with van der Waals surface area (Å²) >= 11 is 0. The zero-order valence-corrected chi connectivity index (χ0v) is 17.9. The van der Waals surface area contributed by atoms with Gasteiger partial charge in [0.25, 0.3) is 0 Å². The fourth-order valence-corrected chi connectivity index (χ4v) is 5.33. The average molecular weight is 424 g/mol. The van der Waals surface area contributed by atoms with E-state index in [1.165, 1.54) is 0 Å². The lowest BCUT2D eigenvalue weighted by Crippen LogP contribution is -2.39. The Labute approximate surface area is 177 Å². The third-order valence-corrected chi connectivity index (χ3v) is 7.06. The van der Waals surface area contributed by atoms with Crippen LogP contribution in [0.25, 0.3) is 0 Å². The Balaban J connectivity index is 1.53. The van der Waals surface area contributed by atoms with Crippen molar-refractivity contribution < 1.29 is 8.42 Å². The average Bonchev–Trinajstić information content (AvgIpc) is 2.74. The van der Waals surface area contributed by atoms with E-state index in [2.05, 4.69) is 15.3 Å². The van der Waals surface area contributed by atoms with Crippen LogP contribution in [0.1, 0.15) is 35.8 Å². The second-order valence-electron chi connectivity index (χ2n) is 7.56. The van der Waals surface area contributed by atoms with Gasteiger partial charge < -0.3 is 5.32 Å². The van der Waals surface area contributed by atoms with Gasteiger partial charge in [-0.05, 0) is 57.0 Å². The molecule has 1 saturated heterocycles. The molecule has 0 spiro atoms. The number of rotatable bonds is 5. The molecule has 8 heteroatoms. The van der Waals surface area contributed by atoms with E-state index in [0.717, 1.165) is 29.9 Å². The van der Waals surface area contributed by atoms with Crippen LogP contribution in [0.15, 0.2) is 59.5 Å². The highest BCUT2D eigenvalue weighted by atomic mass is 32.2. The van der Waals surface area contributed by atoms with Gasteiger partial charge in [0.05, 0.1) is 4.90 Å². The molecule has 0 bridgehead atoms. The molecular weight excluding hydrogens is 398 g/mol. The van der Waals surface area contributed by atoms with Gasteiger partial charge in [0.15, 0.2) is 0 Å². The van der Waals surface area contributed by atoms with Crippen LogP contribution in [0.5, 0.6) is 0 Å². The van der Waals surface area contributed by atoms with Gasteiger partial charge in [0, 0.05) is 36.1 Å². The van der Waals surface area contributed by atoms with Crippen LogP contribution in [0.4, 0.5) is 11.8 Å². The summed E-state index contributed by atoms with van der Waals surface area (Å²) in [4.78, 5) is 13.9. The molecule has 156 valence electrons. The lowest BCUT2D eigenvalue weighted by molar-refractivity contribution is 0.313. The monoisotopic (exact) mass is 423 g/mol. The van der Waals surface area contributed by atoms with Crippen molar-refractivity contribution >= 4 is 21.8 Å². The molecule has 0 amide bonds. The maximum absolute atomic E-state index is 13.0. The summed E-state index contributed by atoms with van der Waals surface area (Å²) in [5.74, 6) is 1.20. The van der Waals surface area contributed by atoms with Crippen LogP contribution in [0.2, 0.25) is 0 Å². The zero-order chi connectivity index (χ0) is 21.1. The van der Waals surface area contributed by atoms with Crippen molar-refractivity contribution in [3.05, 3.63) is 71.7 Å².